The Morgan fingerprint density at radius 1 is 0.962 bits per heavy atom. The molecular formula is C20H17NO4S. The van der Waals surface area contributed by atoms with Gasteiger partial charge in [-0.1, -0.05) is 48.5 Å². The molecule has 0 aliphatic rings. The lowest BCUT2D eigenvalue weighted by atomic mass is 10.0. The van der Waals surface area contributed by atoms with Crippen LogP contribution in [0.15, 0.2) is 77.7 Å². The zero-order chi connectivity index (χ0) is 18.7. The fourth-order valence-corrected chi connectivity index (χ4v) is 3.33. The van der Waals surface area contributed by atoms with E-state index >= 15 is 0 Å². The van der Waals surface area contributed by atoms with Crippen LogP contribution in [0, 0.1) is 0 Å². The smallest absolute Gasteiger partial charge is 0.296 e. The largest absolute Gasteiger partial charge is 0.321 e. The zero-order valence-corrected chi connectivity index (χ0v) is 14.8. The molecular weight excluding hydrogens is 350 g/mol. The number of nitrogens with one attached hydrogen (secondary N) is 1. The highest BCUT2D eigenvalue weighted by atomic mass is 32.2. The van der Waals surface area contributed by atoms with Crippen molar-refractivity contribution >= 4 is 38.1 Å². The maximum Gasteiger partial charge on any atom is 0.296 e. The third-order valence-electron chi connectivity index (χ3n) is 3.98. The Kier molecular flexibility index (Phi) is 4.88. The van der Waals surface area contributed by atoms with Gasteiger partial charge in [-0.15, -0.1) is 0 Å². The molecule has 132 valence electrons. The van der Waals surface area contributed by atoms with Gasteiger partial charge in [0.05, 0.1) is 5.69 Å². The minimum Gasteiger partial charge on any atom is -0.321 e. The highest BCUT2D eigenvalue weighted by Gasteiger charge is 2.15. The third kappa shape index (κ3) is 3.99. The molecule has 0 radical (unpaired) electrons. The summed E-state index contributed by atoms with van der Waals surface area (Å²) in [5.41, 5.74) is 1.65. The number of carbonyl (C=O) groups excluding carboxylic acids is 1. The summed E-state index contributed by atoms with van der Waals surface area (Å²) in [4.78, 5) is 11.9. The van der Waals surface area contributed by atoms with E-state index in [2.05, 4.69) is 5.32 Å². The van der Waals surface area contributed by atoms with Crippen LogP contribution >= 0.6 is 0 Å². The van der Waals surface area contributed by atoms with Gasteiger partial charge in [0, 0.05) is 6.08 Å². The molecule has 0 heterocycles. The molecule has 0 saturated carbocycles. The Balaban J connectivity index is 1.86. The number of allylic oxidation sites excluding steroid dienone is 1. The standard InChI is InChI=1S/C20H17NO4S/c1-14(16-11-10-15-6-2-3-7-17(15)13-16)12-20(22)21-18-8-4-5-9-19(18)26(23,24)25/h2-13H,1H3,(H,21,22)(H,23,24,25). The SMILES string of the molecule is CC(=CC(=O)Nc1ccccc1S(=O)(=O)O)c1ccc2ccccc2c1. The first kappa shape index (κ1) is 17.8. The van der Waals surface area contributed by atoms with Crippen LogP contribution < -0.4 is 5.32 Å². The molecule has 0 atom stereocenters. The molecule has 0 aromatic heterocycles. The van der Waals surface area contributed by atoms with Crippen LogP contribution in [0.25, 0.3) is 16.3 Å². The number of benzene rings is 3. The number of rotatable bonds is 4. The lowest BCUT2D eigenvalue weighted by molar-refractivity contribution is -0.111. The number of amides is 1. The highest BCUT2D eigenvalue weighted by Crippen LogP contribution is 2.23. The van der Waals surface area contributed by atoms with Crippen molar-refractivity contribution in [3.05, 3.63) is 78.4 Å². The fraction of sp³-hybridized carbons (Fsp3) is 0.0500. The predicted octanol–water partition coefficient (Wildman–Crippen LogP) is 4.13. The van der Waals surface area contributed by atoms with Crippen LogP contribution in [-0.2, 0) is 14.9 Å². The molecule has 3 rings (SSSR count). The van der Waals surface area contributed by atoms with E-state index < -0.39 is 16.0 Å². The first-order valence-electron chi connectivity index (χ1n) is 7.89. The minimum absolute atomic E-state index is 0.0301. The molecule has 2 N–H and O–H groups in total. The summed E-state index contributed by atoms with van der Waals surface area (Å²) in [6.45, 7) is 1.80. The lowest BCUT2D eigenvalue weighted by Crippen LogP contribution is -2.12. The number of fused-ring (bicyclic) bond motifs is 1. The average Bonchev–Trinajstić information content (AvgIpc) is 2.60. The van der Waals surface area contributed by atoms with Crippen LogP contribution in [0.1, 0.15) is 12.5 Å². The van der Waals surface area contributed by atoms with Gasteiger partial charge < -0.3 is 5.32 Å². The quantitative estimate of drug-likeness (QED) is 0.536. The highest BCUT2D eigenvalue weighted by molar-refractivity contribution is 7.86. The van der Waals surface area contributed by atoms with Gasteiger partial charge in [-0.05, 0) is 47.0 Å². The molecule has 0 fully saturated rings. The molecule has 6 heteroatoms. The maximum absolute atomic E-state index is 12.3. The Bertz CT molecular complexity index is 1120. The van der Waals surface area contributed by atoms with Gasteiger partial charge in [0.25, 0.3) is 10.1 Å². The van der Waals surface area contributed by atoms with Crippen molar-refractivity contribution in [2.45, 2.75) is 11.8 Å². The summed E-state index contributed by atoms with van der Waals surface area (Å²) < 4.78 is 32.0. The fourth-order valence-electron chi connectivity index (χ4n) is 2.68. The number of anilines is 1. The minimum atomic E-state index is -4.42. The van der Waals surface area contributed by atoms with E-state index in [1.165, 1.54) is 24.3 Å². The van der Waals surface area contributed by atoms with Crippen LogP contribution in [-0.4, -0.2) is 18.9 Å². The first-order chi connectivity index (χ1) is 12.3. The van der Waals surface area contributed by atoms with Crippen molar-refractivity contribution < 1.29 is 17.8 Å². The van der Waals surface area contributed by atoms with E-state index in [-0.39, 0.29) is 10.6 Å². The van der Waals surface area contributed by atoms with E-state index in [4.69, 9.17) is 0 Å². The van der Waals surface area contributed by atoms with Crippen LogP contribution in [0.5, 0.6) is 0 Å². The summed E-state index contributed by atoms with van der Waals surface area (Å²) in [5, 5.41) is 4.67. The Hall–Kier alpha value is -2.96. The zero-order valence-electron chi connectivity index (χ0n) is 14.0. The van der Waals surface area contributed by atoms with Gasteiger partial charge in [0.2, 0.25) is 5.91 Å². The van der Waals surface area contributed by atoms with Gasteiger partial charge in [0.1, 0.15) is 4.90 Å². The lowest BCUT2D eigenvalue weighted by Gasteiger charge is -2.08. The van der Waals surface area contributed by atoms with E-state index in [0.717, 1.165) is 21.9 Å². The van der Waals surface area contributed by atoms with Crippen molar-refractivity contribution in [2.75, 3.05) is 5.32 Å². The van der Waals surface area contributed by atoms with Gasteiger partial charge in [-0.2, -0.15) is 8.42 Å². The molecule has 0 spiro atoms. The third-order valence-corrected chi connectivity index (χ3v) is 4.89. The molecule has 0 unspecified atom stereocenters. The second-order valence-corrected chi connectivity index (χ2v) is 7.24. The van der Waals surface area contributed by atoms with E-state index in [1.807, 2.05) is 42.5 Å². The summed E-state index contributed by atoms with van der Waals surface area (Å²) in [6.07, 6.45) is 1.39. The average molecular weight is 367 g/mol. The molecule has 26 heavy (non-hydrogen) atoms. The maximum atomic E-state index is 12.3. The van der Waals surface area contributed by atoms with Crippen molar-refractivity contribution in [1.29, 1.82) is 0 Å². The molecule has 3 aromatic rings. The molecule has 0 aliphatic carbocycles. The molecule has 0 saturated heterocycles. The van der Waals surface area contributed by atoms with Gasteiger partial charge >= 0.3 is 0 Å². The number of hydrogen-bond donors (Lipinski definition) is 2. The van der Waals surface area contributed by atoms with E-state index in [0.29, 0.717) is 0 Å². The predicted molar refractivity (Wildman–Crippen MR) is 102 cm³/mol. The van der Waals surface area contributed by atoms with Crippen molar-refractivity contribution in [3.63, 3.8) is 0 Å². The van der Waals surface area contributed by atoms with Gasteiger partial charge in [-0.25, -0.2) is 0 Å². The molecule has 1 amide bonds. The van der Waals surface area contributed by atoms with Crippen molar-refractivity contribution in [2.24, 2.45) is 0 Å². The Morgan fingerprint density at radius 3 is 2.35 bits per heavy atom. The second kappa shape index (κ2) is 7.11. The van der Waals surface area contributed by atoms with Crippen LogP contribution in [0.3, 0.4) is 0 Å². The molecule has 5 nitrogen and oxygen atoms in total. The molecule has 3 aromatic carbocycles. The molecule has 0 aliphatic heterocycles. The Morgan fingerprint density at radius 2 is 1.62 bits per heavy atom. The molecule has 0 bridgehead atoms. The number of carbonyl (C=O) groups is 1. The topological polar surface area (TPSA) is 83.5 Å². The van der Waals surface area contributed by atoms with Crippen molar-refractivity contribution in [1.82, 2.24) is 0 Å². The van der Waals surface area contributed by atoms with Crippen molar-refractivity contribution in [3.8, 4) is 0 Å². The summed E-state index contributed by atoms with van der Waals surface area (Å²) in [7, 11) is -4.42. The monoisotopic (exact) mass is 367 g/mol. The van der Waals surface area contributed by atoms with Gasteiger partial charge in [0.15, 0.2) is 0 Å². The van der Waals surface area contributed by atoms with Gasteiger partial charge in [-0.3, -0.25) is 9.35 Å². The Labute approximate surface area is 151 Å². The van der Waals surface area contributed by atoms with Crippen LogP contribution in [0.2, 0.25) is 0 Å². The van der Waals surface area contributed by atoms with E-state index in [9.17, 15) is 17.8 Å². The summed E-state index contributed by atoms with van der Waals surface area (Å²) in [6, 6.07) is 19.5. The number of para-hydroxylation sites is 1. The number of hydrogen-bond acceptors (Lipinski definition) is 3. The first-order valence-corrected chi connectivity index (χ1v) is 9.33. The summed E-state index contributed by atoms with van der Waals surface area (Å²) >= 11 is 0. The van der Waals surface area contributed by atoms with E-state index in [1.54, 1.807) is 13.0 Å². The normalized spacial score (nSPS) is 12.2. The summed E-state index contributed by atoms with van der Waals surface area (Å²) in [5.74, 6) is -0.480. The van der Waals surface area contributed by atoms with Crippen LogP contribution in [0.4, 0.5) is 5.69 Å². The second-order valence-electron chi connectivity index (χ2n) is 5.85.